The molecular weight excluding hydrogens is 532 g/mol. The van der Waals surface area contributed by atoms with Crippen molar-refractivity contribution in [2.75, 3.05) is 25.1 Å². The van der Waals surface area contributed by atoms with Crippen molar-refractivity contribution in [3.8, 4) is 5.75 Å². The maximum Gasteiger partial charge on any atom is 0.407 e. The maximum absolute atomic E-state index is 12.8. The highest BCUT2D eigenvalue weighted by molar-refractivity contribution is 5.99. The van der Waals surface area contributed by atoms with Crippen molar-refractivity contribution in [1.82, 2.24) is 20.6 Å². The van der Waals surface area contributed by atoms with Crippen LogP contribution >= 0.6 is 0 Å². The molecule has 2 amide bonds. The molecule has 0 saturated heterocycles. The van der Waals surface area contributed by atoms with Crippen LogP contribution in [0.5, 0.6) is 5.75 Å². The van der Waals surface area contributed by atoms with Crippen LogP contribution in [0, 0.1) is 0 Å². The van der Waals surface area contributed by atoms with Gasteiger partial charge in [-0.15, -0.1) is 0 Å². The summed E-state index contributed by atoms with van der Waals surface area (Å²) in [6.07, 6.45) is 3.50. The minimum Gasteiger partial charge on any atom is -0.507 e. The van der Waals surface area contributed by atoms with Crippen molar-refractivity contribution in [3.63, 3.8) is 0 Å². The molecule has 0 fully saturated rings. The van der Waals surface area contributed by atoms with Gasteiger partial charge in [0.25, 0.3) is 5.91 Å². The van der Waals surface area contributed by atoms with Crippen LogP contribution in [0.1, 0.15) is 62.4 Å². The lowest BCUT2D eigenvalue weighted by Crippen LogP contribution is -2.42. The van der Waals surface area contributed by atoms with E-state index in [4.69, 9.17) is 20.9 Å². The Morgan fingerprint density at radius 1 is 1.20 bits per heavy atom. The van der Waals surface area contributed by atoms with Crippen LogP contribution < -0.4 is 22.1 Å². The van der Waals surface area contributed by atoms with Crippen molar-refractivity contribution in [1.29, 1.82) is 0 Å². The van der Waals surface area contributed by atoms with E-state index in [1.165, 1.54) is 19.2 Å². The summed E-state index contributed by atoms with van der Waals surface area (Å²) >= 11 is 0. The van der Waals surface area contributed by atoms with E-state index >= 15 is 0 Å². The number of aromatic nitrogens is 2. The molecule has 0 saturated carbocycles. The molecule has 1 aromatic carbocycles. The highest BCUT2D eigenvalue weighted by Gasteiger charge is 2.24. The Kier molecular flexibility index (Phi) is 12.0. The van der Waals surface area contributed by atoms with Gasteiger partial charge in [-0.3, -0.25) is 9.79 Å². The number of carbonyl (C=O) groups excluding carboxylic acids is 3. The van der Waals surface area contributed by atoms with Crippen molar-refractivity contribution in [3.05, 3.63) is 29.3 Å². The molecule has 14 nitrogen and oxygen atoms in total. The Hall–Kier alpha value is -4.75. The summed E-state index contributed by atoms with van der Waals surface area (Å²) < 4.78 is 9.96. The van der Waals surface area contributed by atoms with E-state index in [2.05, 4.69) is 37.3 Å². The molecule has 2 rings (SSSR count). The third kappa shape index (κ3) is 10.7. The van der Waals surface area contributed by atoms with Gasteiger partial charge in [-0.25, -0.2) is 14.6 Å². The number of methoxy groups -OCH3 is 1. The number of alkyl carbamates (subject to hydrolysis) is 1. The number of amides is 2. The molecule has 222 valence electrons. The third-order valence-corrected chi connectivity index (χ3v) is 5.52. The molecule has 0 aliphatic heterocycles. The minimum absolute atomic E-state index is 0.0134. The molecule has 7 N–H and O–H groups in total. The van der Waals surface area contributed by atoms with Crippen molar-refractivity contribution in [2.24, 2.45) is 9.98 Å². The van der Waals surface area contributed by atoms with Crippen molar-refractivity contribution >= 4 is 54.2 Å². The molecule has 0 bridgehead atoms. The first-order valence-corrected chi connectivity index (χ1v) is 12.9. The zero-order chi connectivity index (χ0) is 30.6. The van der Waals surface area contributed by atoms with Crippen molar-refractivity contribution in [2.45, 2.75) is 64.5 Å². The number of aromatic hydroxyl groups is 1. The van der Waals surface area contributed by atoms with E-state index in [0.717, 1.165) is 5.56 Å². The summed E-state index contributed by atoms with van der Waals surface area (Å²) in [5.41, 5.74) is 11.8. The number of aryl methyl sites for hydroxylation is 1. The third-order valence-electron chi connectivity index (χ3n) is 5.52. The minimum atomic E-state index is -0.969. The van der Waals surface area contributed by atoms with Crippen LogP contribution in [-0.4, -0.2) is 71.3 Å². The van der Waals surface area contributed by atoms with Crippen LogP contribution in [0.3, 0.4) is 0 Å². The average molecular weight is 571 g/mol. The number of nitrogens with one attached hydrogen (secondary N) is 2. The molecule has 41 heavy (non-hydrogen) atoms. The van der Waals surface area contributed by atoms with E-state index in [1.807, 2.05) is 0 Å². The molecule has 0 aliphatic carbocycles. The Morgan fingerprint density at radius 3 is 2.56 bits per heavy atom. The van der Waals surface area contributed by atoms with Gasteiger partial charge in [-0.1, -0.05) is 6.07 Å². The number of hydrogen-bond acceptors (Lipinski definition) is 12. The Balaban J connectivity index is 1.90. The number of phenolic OH excluding ortho intramolecular Hbond substituents is 1. The lowest BCUT2D eigenvalue weighted by Gasteiger charge is -2.20. The highest BCUT2D eigenvalue weighted by atomic mass is 16.6. The number of hydrogen-bond donors (Lipinski definition) is 5. The molecule has 1 heterocycles. The number of aliphatic imine (C=N–C) groups is 2. The van der Waals surface area contributed by atoms with E-state index in [0.29, 0.717) is 25.7 Å². The number of nitrogens with zero attached hydrogens (tertiary/aromatic N) is 4. The molecule has 0 aliphatic rings. The number of rotatable bonds is 13. The van der Waals surface area contributed by atoms with Gasteiger partial charge in [-0.05, 0) is 77.3 Å². The number of phenols is 1. The summed E-state index contributed by atoms with van der Waals surface area (Å²) in [5.74, 6) is -1.20. The standard InChI is InChI=1S/C27H38N8O6/c1-27(2,3)41-26(39)32-14-8-10-18(24(38)40-5)33-23(37)17-12-11-16(15-19(17)36)9-6-7-13-31-22-20(30-4)21(28)34-25(29)35-22/h11-13,15,18,36H,4,6-10,14H2,1-3,5H3,(H,32,39)(H,33,37)(H4,28,29,34,35)/b31-13-/t18-/m0/s1. The lowest BCUT2D eigenvalue weighted by molar-refractivity contribution is -0.143. The predicted molar refractivity (Wildman–Crippen MR) is 156 cm³/mol. The summed E-state index contributed by atoms with van der Waals surface area (Å²) in [5, 5.41) is 15.7. The number of esters is 1. The van der Waals surface area contributed by atoms with Gasteiger partial charge in [0.1, 0.15) is 23.1 Å². The van der Waals surface area contributed by atoms with Gasteiger partial charge in [0.15, 0.2) is 11.6 Å². The van der Waals surface area contributed by atoms with E-state index in [-0.39, 0.29) is 47.5 Å². The second-order valence-corrected chi connectivity index (χ2v) is 9.97. The van der Waals surface area contributed by atoms with Gasteiger partial charge in [0, 0.05) is 12.8 Å². The fourth-order valence-electron chi connectivity index (χ4n) is 3.63. The molecule has 0 radical (unpaired) electrons. The summed E-state index contributed by atoms with van der Waals surface area (Å²) in [4.78, 5) is 52.7. The van der Waals surface area contributed by atoms with Crippen LogP contribution in [0.15, 0.2) is 28.2 Å². The number of anilines is 2. The van der Waals surface area contributed by atoms with E-state index in [9.17, 15) is 19.5 Å². The zero-order valence-electron chi connectivity index (χ0n) is 23.8. The summed E-state index contributed by atoms with van der Waals surface area (Å²) in [6.45, 7) is 8.92. The first-order valence-electron chi connectivity index (χ1n) is 12.9. The number of ether oxygens (including phenoxy) is 2. The molecule has 2 aromatic rings. The molecule has 14 heteroatoms. The van der Waals surface area contributed by atoms with Gasteiger partial charge >= 0.3 is 12.1 Å². The van der Waals surface area contributed by atoms with Gasteiger partial charge in [0.05, 0.1) is 12.7 Å². The topological polar surface area (TPSA) is 216 Å². The predicted octanol–water partition coefficient (Wildman–Crippen LogP) is 2.98. The summed E-state index contributed by atoms with van der Waals surface area (Å²) in [7, 11) is 1.21. The normalized spacial score (nSPS) is 12.0. The van der Waals surface area contributed by atoms with Crippen LogP contribution in [0.4, 0.5) is 28.1 Å². The number of nitrogen functional groups attached to an aromatic ring is 2. The van der Waals surface area contributed by atoms with Crippen LogP contribution in [0.25, 0.3) is 0 Å². The number of nitrogens with two attached hydrogens (primary N) is 2. The molecule has 0 spiro atoms. The quantitative estimate of drug-likeness (QED) is 0.135. The van der Waals surface area contributed by atoms with Gasteiger partial charge in [-0.2, -0.15) is 9.97 Å². The largest absolute Gasteiger partial charge is 0.507 e. The first-order chi connectivity index (χ1) is 19.3. The summed E-state index contributed by atoms with van der Waals surface area (Å²) in [6, 6.07) is 3.73. The second-order valence-electron chi connectivity index (χ2n) is 9.97. The fraction of sp³-hybridized carbons (Fsp3) is 0.444. The van der Waals surface area contributed by atoms with Gasteiger partial charge < -0.3 is 36.7 Å². The monoisotopic (exact) mass is 570 g/mol. The van der Waals surface area contributed by atoms with Gasteiger partial charge in [0.2, 0.25) is 5.95 Å². The van der Waals surface area contributed by atoms with Crippen molar-refractivity contribution < 1.29 is 29.0 Å². The lowest BCUT2D eigenvalue weighted by atomic mass is 10.0. The number of carbonyl (C=O) groups is 3. The second kappa shape index (κ2) is 15.1. The Morgan fingerprint density at radius 2 is 1.93 bits per heavy atom. The van der Waals surface area contributed by atoms with Crippen LogP contribution in [0.2, 0.25) is 0 Å². The molecule has 0 unspecified atom stereocenters. The number of unbranched alkanes of at least 4 members (excludes halogenated alkanes) is 1. The zero-order valence-corrected chi connectivity index (χ0v) is 23.8. The first kappa shape index (κ1) is 32.5. The molecule has 1 atom stereocenters. The molecule has 1 aromatic heterocycles. The number of benzene rings is 1. The smallest absolute Gasteiger partial charge is 0.407 e. The maximum atomic E-state index is 12.8. The van der Waals surface area contributed by atoms with E-state index < -0.39 is 29.6 Å². The fourth-order valence-corrected chi connectivity index (χ4v) is 3.63. The van der Waals surface area contributed by atoms with E-state index in [1.54, 1.807) is 33.1 Å². The molecular formula is C27H38N8O6. The Bertz CT molecular complexity index is 1280. The SMILES string of the molecule is C=Nc1c(N)nc(N)nc1/N=C\CCCc1ccc(C(=O)N[C@@H](CCCNC(=O)OC(C)(C)C)C(=O)OC)c(O)c1. The highest BCUT2D eigenvalue weighted by Crippen LogP contribution is 2.30. The Labute approximate surface area is 238 Å². The average Bonchev–Trinajstić information content (AvgIpc) is 2.88. The van der Waals surface area contributed by atoms with Crippen LogP contribution in [-0.2, 0) is 20.7 Å².